The fraction of sp³-hybridized carbons (Fsp3) is 0.211. The molecule has 0 atom stereocenters. The average molecular weight is 416 g/mol. The van der Waals surface area contributed by atoms with Crippen LogP contribution in [0, 0.1) is 10.1 Å². The molecule has 0 saturated carbocycles. The summed E-state index contributed by atoms with van der Waals surface area (Å²) in [5.74, 6) is -0.696. The van der Waals surface area contributed by atoms with Gasteiger partial charge in [0, 0.05) is 11.6 Å². The smallest absolute Gasteiger partial charge is 0.282 e. The number of para-hydroxylation sites is 1. The zero-order chi connectivity index (χ0) is 21.2. The predicted molar refractivity (Wildman–Crippen MR) is 111 cm³/mol. The molecule has 0 aliphatic rings. The Hall–Kier alpha value is -3.53. The lowest BCUT2D eigenvalue weighted by molar-refractivity contribution is -0.385. The van der Waals surface area contributed by atoms with Gasteiger partial charge in [0.05, 0.1) is 11.5 Å². The number of hydrogen-bond donors (Lipinski definition) is 3. The van der Waals surface area contributed by atoms with E-state index in [4.69, 9.17) is 17.0 Å². The van der Waals surface area contributed by atoms with Gasteiger partial charge in [-0.2, -0.15) is 0 Å². The van der Waals surface area contributed by atoms with Crippen molar-refractivity contribution in [3.63, 3.8) is 0 Å². The molecule has 2 rings (SSSR count). The van der Waals surface area contributed by atoms with Crippen LogP contribution in [0.25, 0.3) is 0 Å². The van der Waals surface area contributed by atoms with Crippen molar-refractivity contribution in [3.05, 3.63) is 69.8 Å². The summed E-state index contributed by atoms with van der Waals surface area (Å²) in [6.45, 7) is 2.61. The van der Waals surface area contributed by atoms with E-state index in [-0.39, 0.29) is 16.4 Å². The molecule has 0 aliphatic carbocycles. The normalized spacial score (nSPS) is 9.97. The Kier molecular flexibility index (Phi) is 8.04. The van der Waals surface area contributed by atoms with Gasteiger partial charge in [0.2, 0.25) is 0 Å². The first-order valence-electron chi connectivity index (χ1n) is 8.80. The summed E-state index contributed by atoms with van der Waals surface area (Å²) < 4.78 is 5.56. The third kappa shape index (κ3) is 6.54. The highest BCUT2D eigenvalue weighted by Crippen LogP contribution is 2.17. The van der Waals surface area contributed by atoms with Gasteiger partial charge in [-0.25, -0.2) is 0 Å². The predicted octanol–water partition coefficient (Wildman–Crippen LogP) is 2.72. The molecule has 3 N–H and O–H groups in total. The molecule has 2 aromatic carbocycles. The highest BCUT2D eigenvalue weighted by Gasteiger charge is 2.19. The Morgan fingerprint density at radius 2 is 1.86 bits per heavy atom. The first-order valence-corrected chi connectivity index (χ1v) is 9.21. The van der Waals surface area contributed by atoms with Crippen molar-refractivity contribution in [3.8, 4) is 5.75 Å². The Morgan fingerprint density at radius 3 is 2.59 bits per heavy atom. The number of amides is 2. The van der Waals surface area contributed by atoms with Crippen LogP contribution in [0.15, 0.2) is 48.5 Å². The van der Waals surface area contributed by atoms with E-state index in [2.05, 4.69) is 23.1 Å². The number of benzene rings is 2. The molecular weight excluding hydrogens is 396 g/mol. The standard InChI is InChI=1S/C19H20N4O5S/c1-2-3-11-28-14-8-6-7-13(12-14)17(24)20-19(29)22-21-18(25)15-9-4-5-10-16(15)23(26)27/h4-10,12H,2-3,11H2,1H3,(H,21,25)(H2,20,22,24,29). The summed E-state index contributed by atoms with van der Waals surface area (Å²) in [4.78, 5) is 34.8. The molecule has 0 saturated heterocycles. The highest BCUT2D eigenvalue weighted by molar-refractivity contribution is 7.80. The number of unbranched alkanes of at least 4 members (excludes halogenated alkanes) is 1. The fourth-order valence-electron chi connectivity index (χ4n) is 2.27. The Balaban J connectivity index is 1.91. The molecule has 0 heterocycles. The van der Waals surface area contributed by atoms with Gasteiger partial charge >= 0.3 is 0 Å². The van der Waals surface area contributed by atoms with E-state index in [1.165, 1.54) is 24.3 Å². The minimum Gasteiger partial charge on any atom is -0.494 e. The van der Waals surface area contributed by atoms with Crippen LogP contribution in [-0.4, -0.2) is 28.5 Å². The highest BCUT2D eigenvalue weighted by atomic mass is 32.1. The zero-order valence-electron chi connectivity index (χ0n) is 15.6. The van der Waals surface area contributed by atoms with E-state index in [9.17, 15) is 19.7 Å². The van der Waals surface area contributed by atoms with Crippen LogP contribution in [0.3, 0.4) is 0 Å². The maximum absolute atomic E-state index is 12.3. The van der Waals surface area contributed by atoms with Crippen LogP contribution in [0.2, 0.25) is 0 Å². The van der Waals surface area contributed by atoms with Gasteiger partial charge in [-0.05, 0) is 42.9 Å². The maximum Gasteiger partial charge on any atom is 0.282 e. The van der Waals surface area contributed by atoms with Crippen molar-refractivity contribution in [2.75, 3.05) is 6.61 Å². The summed E-state index contributed by atoms with van der Waals surface area (Å²) in [6, 6.07) is 12.1. The molecule has 0 fully saturated rings. The second kappa shape index (κ2) is 10.7. The molecule has 0 aliphatic heterocycles. The third-order valence-corrected chi connectivity index (χ3v) is 3.93. The maximum atomic E-state index is 12.3. The van der Waals surface area contributed by atoms with Crippen molar-refractivity contribution in [2.24, 2.45) is 0 Å². The monoisotopic (exact) mass is 416 g/mol. The number of hydrogen-bond acceptors (Lipinski definition) is 6. The molecule has 2 aromatic rings. The molecule has 0 bridgehead atoms. The minimum absolute atomic E-state index is 0.143. The van der Waals surface area contributed by atoms with E-state index in [0.29, 0.717) is 17.9 Å². The Bertz CT molecular complexity index is 919. The number of thiocarbonyl (C=S) groups is 1. The van der Waals surface area contributed by atoms with Crippen molar-refractivity contribution in [2.45, 2.75) is 19.8 Å². The number of nitrogens with one attached hydrogen (secondary N) is 3. The van der Waals surface area contributed by atoms with Crippen LogP contribution in [0.4, 0.5) is 5.69 Å². The Labute approximate surface area is 172 Å². The summed E-state index contributed by atoms with van der Waals surface area (Å²) in [5, 5.41) is 13.2. The number of carbonyl (C=O) groups is 2. The molecule has 0 aromatic heterocycles. The van der Waals surface area contributed by atoms with Gasteiger partial charge in [0.1, 0.15) is 11.3 Å². The molecule has 10 heteroatoms. The van der Waals surface area contributed by atoms with E-state index in [1.807, 2.05) is 0 Å². The number of nitro benzene ring substituents is 1. The molecule has 29 heavy (non-hydrogen) atoms. The summed E-state index contributed by atoms with van der Waals surface area (Å²) in [6.07, 6.45) is 1.90. The first-order chi connectivity index (χ1) is 13.9. The van der Waals surface area contributed by atoms with Crippen molar-refractivity contribution >= 4 is 34.8 Å². The summed E-state index contributed by atoms with van der Waals surface area (Å²) in [5.41, 5.74) is 4.41. The summed E-state index contributed by atoms with van der Waals surface area (Å²) >= 11 is 4.98. The van der Waals surface area contributed by atoms with Crippen LogP contribution >= 0.6 is 12.2 Å². The van der Waals surface area contributed by atoms with Crippen LogP contribution < -0.4 is 20.9 Å². The Morgan fingerprint density at radius 1 is 1.10 bits per heavy atom. The van der Waals surface area contributed by atoms with Gasteiger partial charge in [-0.1, -0.05) is 31.5 Å². The van der Waals surface area contributed by atoms with Gasteiger partial charge in [-0.15, -0.1) is 0 Å². The van der Waals surface area contributed by atoms with E-state index in [0.717, 1.165) is 12.8 Å². The molecule has 0 unspecified atom stereocenters. The van der Waals surface area contributed by atoms with E-state index >= 15 is 0 Å². The lowest BCUT2D eigenvalue weighted by atomic mass is 10.2. The van der Waals surface area contributed by atoms with E-state index in [1.54, 1.807) is 24.3 Å². The molecular formula is C19H20N4O5S. The van der Waals surface area contributed by atoms with Crippen molar-refractivity contribution in [1.29, 1.82) is 0 Å². The fourth-order valence-corrected chi connectivity index (χ4v) is 2.42. The lowest BCUT2D eigenvalue weighted by Gasteiger charge is -2.11. The second-order valence-corrected chi connectivity index (χ2v) is 6.27. The van der Waals surface area contributed by atoms with Crippen molar-refractivity contribution < 1.29 is 19.2 Å². The van der Waals surface area contributed by atoms with Gasteiger partial charge in [-0.3, -0.25) is 35.9 Å². The number of nitrogens with zero attached hydrogens (tertiary/aromatic N) is 1. The molecule has 9 nitrogen and oxygen atoms in total. The molecule has 2 amide bonds. The molecule has 152 valence electrons. The number of hydrazine groups is 1. The third-order valence-electron chi connectivity index (χ3n) is 3.72. The average Bonchev–Trinajstić information content (AvgIpc) is 2.72. The second-order valence-electron chi connectivity index (χ2n) is 5.87. The van der Waals surface area contributed by atoms with Crippen LogP contribution in [0.5, 0.6) is 5.75 Å². The van der Waals surface area contributed by atoms with Gasteiger partial charge in [0.25, 0.3) is 17.5 Å². The largest absolute Gasteiger partial charge is 0.494 e. The SMILES string of the molecule is CCCCOc1cccc(C(=O)NC(=S)NNC(=O)c2ccccc2[N+](=O)[O-])c1. The van der Waals surface area contributed by atoms with Crippen molar-refractivity contribution in [1.82, 2.24) is 16.2 Å². The molecule has 0 spiro atoms. The van der Waals surface area contributed by atoms with Crippen LogP contribution in [0.1, 0.15) is 40.5 Å². The van der Waals surface area contributed by atoms with Crippen LogP contribution in [-0.2, 0) is 0 Å². The number of ether oxygens (including phenoxy) is 1. The number of nitro groups is 1. The zero-order valence-corrected chi connectivity index (χ0v) is 16.5. The van der Waals surface area contributed by atoms with Gasteiger partial charge < -0.3 is 4.74 Å². The first kappa shape index (κ1) is 21.8. The topological polar surface area (TPSA) is 123 Å². The lowest BCUT2D eigenvalue weighted by Crippen LogP contribution is -2.48. The number of carbonyl (C=O) groups excluding carboxylic acids is 2. The number of rotatable bonds is 7. The minimum atomic E-state index is -0.764. The summed E-state index contributed by atoms with van der Waals surface area (Å²) in [7, 11) is 0. The van der Waals surface area contributed by atoms with Gasteiger partial charge in [0.15, 0.2) is 5.11 Å². The quantitative estimate of drug-likeness (QED) is 0.274. The van der Waals surface area contributed by atoms with E-state index < -0.39 is 16.7 Å². The molecule has 0 radical (unpaired) electrons.